The van der Waals surface area contributed by atoms with Crippen molar-refractivity contribution < 1.29 is 9.53 Å². The van der Waals surface area contributed by atoms with E-state index in [9.17, 15) is 4.79 Å². The summed E-state index contributed by atoms with van der Waals surface area (Å²) in [6.07, 6.45) is 0. The summed E-state index contributed by atoms with van der Waals surface area (Å²) in [4.78, 5) is 12.1. The van der Waals surface area contributed by atoms with Gasteiger partial charge in [0, 0.05) is 17.5 Å². The van der Waals surface area contributed by atoms with E-state index in [4.69, 9.17) is 4.74 Å². The van der Waals surface area contributed by atoms with Crippen molar-refractivity contribution in [2.45, 2.75) is 19.3 Å². The summed E-state index contributed by atoms with van der Waals surface area (Å²) in [5.41, 5.74) is 1.70. The quantitative estimate of drug-likeness (QED) is 0.913. The molecule has 0 aliphatic heterocycles. The van der Waals surface area contributed by atoms with Crippen LogP contribution >= 0.6 is 0 Å². The molecule has 0 heterocycles. The van der Waals surface area contributed by atoms with Gasteiger partial charge in [-0.3, -0.25) is 4.79 Å². The lowest BCUT2D eigenvalue weighted by molar-refractivity contribution is 0.0945. The number of ether oxygens (including phenoxy) is 1. The van der Waals surface area contributed by atoms with Gasteiger partial charge in [-0.1, -0.05) is 44.2 Å². The van der Waals surface area contributed by atoms with Crippen LogP contribution in [0.2, 0.25) is 0 Å². The predicted octanol–water partition coefficient (Wildman–Crippen LogP) is 3.40. The Labute approximate surface area is 126 Å². The molecule has 1 amide bonds. The molecular weight excluding hydrogens is 262 g/mol. The van der Waals surface area contributed by atoms with Crippen molar-refractivity contribution in [3.05, 3.63) is 65.7 Å². The average Bonchev–Trinajstić information content (AvgIpc) is 2.53. The zero-order valence-corrected chi connectivity index (χ0v) is 12.7. The largest absolute Gasteiger partial charge is 0.497 e. The molecule has 0 atom stereocenters. The van der Waals surface area contributed by atoms with Crippen LogP contribution in [0.5, 0.6) is 5.75 Å². The van der Waals surface area contributed by atoms with Crippen LogP contribution in [0.15, 0.2) is 54.6 Å². The molecular formula is C18H21NO2. The van der Waals surface area contributed by atoms with Crippen LogP contribution in [0, 0.1) is 0 Å². The highest BCUT2D eigenvalue weighted by molar-refractivity contribution is 5.94. The number of methoxy groups -OCH3 is 1. The van der Waals surface area contributed by atoms with Crippen molar-refractivity contribution in [1.29, 1.82) is 0 Å². The molecule has 3 heteroatoms. The van der Waals surface area contributed by atoms with Crippen molar-refractivity contribution in [3.63, 3.8) is 0 Å². The van der Waals surface area contributed by atoms with Crippen LogP contribution in [0.3, 0.4) is 0 Å². The first-order chi connectivity index (χ1) is 10.0. The summed E-state index contributed by atoms with van der Waals surface area (Å²) in [7, 11) is 1.65. The van der Waals surface area contributed by atoms with E-state index in [0.717, 1.165) is 11.3 Å². The van der Waals surface area contributed by atoms with Gasteiger partial charge >= 0.3 is 0 Å². The Kier molecular flexibility index (Phi) is 4.63. The highest BCUT2D eigenvalue weighted by Gasteiger charge is 2.21. The number of amides is 1. The SMILES string of the molecule is COc1ccc(C(C)(C)CNC(=O)c2ccccc2)cc1. The summed E-state index contributed by atoms with van der Waals surface area (Å²) in [5.74, 6) is 0.792. The van der Waals surface area contributed by atoms with Crippen LogP contribution < -0.4 is 10.1 Å². The molecule has 0 radical (unpaired) electrons. The Hall–Kier alpha value is -2.29. The minimum Gasteiger partial charge on any atom is -0.497 e. The zero-order valence-electron chi connectivity index (χ0n) is 12.7. The standard InChI is InChI=1S/C18H21NO2/c1-18(2,15-9-11-16(21-3)12-10-15)13-19-17(20)14-7-5-4-6-8-14/h4-12H,13H2,1-3H3,(H,19,20). The minimum absolute atomic E-state index is 0.0443. The molecule has 0 aromatic heterocycles. The van der Waals surface area contributed by atoms with Crippen molar-refractivity contribution in [1.82, 2.24) is 5.32 Å². The fourth-order valence-electron chi connectivity index (χ4n) is 2.14. The van der Waals surface area contributed by atoms with E-state index in [1.54, 1.807) is 7.11 Å². The molecule has 0 aliphatic rings. The third kappa shape index (κ3) is 3.85. The summed E-state index contributed by atoms with van der Waals surface area (Å²) in [6, 6.07) is 17.2. The van der Waals surface area contributed by atoms with Gasteiger partial charge in [-0.05, 0) is 29.8 Å². The average molecular weight is 283 g/mol. The van der Waals surface area contributed by atoms with Crippen LogP contribution in [0.25, 0.3) is 0 Å². The Morgan fingerprint density at radius 1 is 1.05 bits per heavy atom. The molecule has 2 aromatic carbocycles. The fraction of sp³-hybridized carbons (Fsp3) is 0.278. The molecule has 0 aliphatic carbocycles. The van der Waals surface area contributed by atoms with Gasteiger partial charge in [0.15, 0.2) is 0 Å². The Morgan fingerprint density at radius 2 is 1.67 bits per heavy atom. The van der Waals surface area contributed by atoms with Gasteiger partial charge in [0.1, 0.15) is 5.75 Å². The lowest BCUT2D eigenvalue weighted by atomic mass is 9.84. The second kappa shape index (κ2) is 6.44. The van der Waals surface area contributed by atoms with Crippen molar-refractivity contribution >= 4 is 5.91 Å². The Morgan fingerprint density at radius 3 is 2.24 bits per heavy atom. The summed E-state index contributed by atoms with van der Waals surface area (Å²) >= 11 is 0. The van der Waals surface area contributed by atoms with E-state index < -0.39 is 0 Å². The maximum Gasteiger partial charge on any atom is 0.251 e. The van der Waals surface area contributed by atoms with Gasteiger partial charge < -0.3 is 10.1 Å². The van der Waals surface area contributed by atoms with E-state index in [1.165, 1.54) is 0 Å². The summed E-state index contributed by atoms with van der Waals surface area (Å²) in [6.45, 7) is 4.80. The number of carbonyl (C=O) groups excluding carboxylic acids is 1. The first kappa shape index (κ1) is 15.1. The lowest BCUT2D eigenvalue weighted by Crippen LogP contribution is -2.36. The first-order valence-electron chi connectivity index (χ1n) is 7.01. The Balaban J connectivity index is 2.01. The molecule has 21 heavy (non-hydrogen) atoms. The molecule has 1 N–H and O–H groups in total. The van der Waals surface area contributed by atoms with Crippen LogP contribution in [0.4, 0.5) is 0 Å². The maximum absolute atomic E-state index is 12.1. The number of nitrogens with one attached hydrogen (secondary N) is 1. The molecule has 0 fully saturated rings. The number of benzene rings is 2. The third-order valence-corrected chi connectivity index (χ3v) is 3.60. The molecule has 0 saturated heterocycles. The lowest BCUT2D eigenvalue weighted by Gasteiger charge is -2.26. The molecule has 110 valence electrons. The third-order valence-electron chi connectivity index (χ3n) is 3.60. The molecule has 3 nitrogen and oxygen atoms in total. The van der Waals surface area contributed by atoms with Crippen LogP contribution in [0.1, 0.15) is 29.8 Å². The zero-order chi connectivity index (χ0) is 15.3. The van der Waals surface area contributed by atoms with E-state index in [-0.39, 0.29) is 11.3 Å². The molecule has 0 spiro atoms. The van der Waals surface area contributed by atoms with Gasteiger partial charge in [-0.25, -0.2) is 0 Å². The molecule has 2 rings (SSSR count). The van der Waals surface area contributed by atoms with Crippen molar-refractivity contribution in [2.24, 2.45) is 0 Å². The van der Waals surface area contributed by atoms with Gasteiger partial charge in [-0.15, -0.1) is 0 Å². The molecule has 2 aromatic rings. The fourth-order valence-corrected chi connectivity index (χ4v) is 2.14. The van der Waals surface area contributed by atoms with Gasteiger partial charge in [0.05, 0.1) is 7.11 Å². The highest BCUT2D eigenvalue weighted by atomic mass is 16.5. The normalized spacial score (nSPS) is 11.0. The van der Waals surface area contributed by atoms with Gasteiger partial charge in [0.2, 0.25) is 0 Å². The monoisotopic (exact) mass is 283 g/mol. The van der Waals surface area contributed by atoms with Crippen molar-refractivity contribution in [2.75, 3.05) is 13.7 Å². The molecule has 0 saturated carbocycles. The number of rotatable bonds is 5. The first-order valence-corrected chi connectivity index (χ1v) is 7.01. The van der Waals surface area contributed by atoms with Crippen LogP contribution in [-0.4, -0.2) is 19.6 Å². The van der Waals surface area contributed by atoms with Gasteiger partial charge in [0.25, 0.3) is 5.91 Å². The van der Waals surface area contributed by atoms with E-state index >= 15 is 0 Å². The number of hydrogen-bond donors (Lipinski definition) is 1. The molecule has 0 unspecified atom stereocenters. The van der Waals surface area contributed by atoms with Gasteiger partial charge in [-0.2, -0.15) is 0 Å². The topological polar surface area (TPSA) is 38.3 Å². The number of carbonyl (C=O) groups is 1. The minimum atomic E-state index is -0.142. The second-order valence-corrected chi connectivity index (χ2v) is 5.66. The number of hydrogen-bond acceptors (Lipinski definition) is 2. The van der Waals surface area contributed by atoms with E-state index in [2.05, 4.69) is 19.2 Å². The predicted molar refractivity (Wildman–Crippen MR) is 84.8 cm³/mol. The smallest absolute Gasteiger partial charge is 0.251 e. The summed E-state index contributed by atoms with van der Waals surface area (Å²) < 4.78 is 5.17. The van der Waals surface area contributed by atoms with E-state index in [1.807, 2.05) is 54.6 Å². The van der Waals surface area contributed by atoms with E-state index in [0.29, 0.717) is 12.1 Å². The highest BCUT2D eigenvalue weighted by Crippen LogP contribution is 2.24. The second-order valence-electron chi connectivity index (χ2n) is 5.66. The summed E-state index contributed by atoms with van der Waals surface area (Å²) in [5, 5.41) is 3.00. The van der Waals surface area contributed by atoms with Crippen molar-refractivity contribution in [3.8, 4) is 5.75 Å². The Bertz CT molecular complexity index is 588. The maximum atomic E-state index is 12.1. The molecule has 0 bridgehead atoms. The van der Waals surface area contributed by atoms with Crippen LogP contribution in [-0.2, 0) is 5.41 Å².